The molecule has 0 aliphatic heterocycles. The van der Waals surface area contributed by atoms with E-state index in [1.165, 1.54) is 167 Å². The number of carbonyl (C=O) groups excluding carboxylic acids is 1. The average Bonchev–Trinajstić information content (AvgIpc) is 3.23. The standard InChI is InChI=1S/C47H91O12P/c1-3-5-7-9-11-13-15-17-19-20-21-23-25-27-29-31-33-35-37-56-38-40(39-57-60(54,55)59-47-45(52)43(50)42(49)44(51)46(47)53)58-41(48)36-34-32-30-28-26-24-22-18-16-14-12-10-8-6-4-2/h35,37,40,42-47,49-53H,3-34,36,38-39H2,1-2H3,(H,54,55)/b37-35-/t40-,42?,43-,44?,45?,46?,47?/m1/s1. The molecule has 8 atom stereocenters. The number of unbranched alkanes of at least 4 members (excludes halogenated alkanes) is 30. The van der Waals surface area contributed by atoms with Gasteiger partial charge in [0.05, 0.1) is 12.9 Å². The molecule has 1 rings (SSSR count). The quantitative estimate of drug-likeness (QED) is 0.0147. The van der Waals surface area contributed by atoms with E-state index in [9.17, 15) is 39.8 Å². The van der Waals surface area contributed by atoms with E-state index in [1.807, 2.05) is 6.08 Å². The molecule has 0 amide bonds. The molecule has 12 nitrogen and oxygen atoms in total. The predicted octanol–water partition coefficient (Wildman–Crippen LogP) is 10.7. The first-order valence-electron chi connectivity index (χ1n) is 24.6. The zero-order valence-corrected chi connectivity index (χ0v) is 38.9. The zero-order valence-electron chi connectivity index (χ0n) is 38.0. The van der Waals surface area contributed by atoms with Crippen molar-refractivity contribution in [2.45, 2.75) is 268 Å². The number of allylic oxidation sites excluding steroid dienone is 1. The van der Waals surface area contributed by atoms with Gasteiger partial charge in [-0.1, -0.05) is 200 Å². The highest BCUT2D eigenvalue weighted by atomic mass is 31.2. The molecule has 0 radical (unpaired) electrons. The molecule has 6 unspecified atom stereocenters. The molecule has 0 spiro atoms. The summed E-state index contributed by atoms with van der Waals surface area (Å²) >= 11 is 0. The molecule has 1 aliphatic carbocycles. The molecule has 1 aliphatic rings. The molecule has 1 fully saturated rings. The minimum absolute atomic E-state index is 0.154. The second kappa shape index (κ2) is 38.4. The summed E-state index contributed by atoms with van der Waals surface area (Å²) in [6.45, 7) is 3.75. The smallest absolute Gasteiger partial charge is 0.472 e. The van der Waals surface area contributed by atoms with Crippen molar-refractivity contribution < 1.29 is 58.3 Å². The second-order valence-electron chi connectivity index (χ2n) is 17.4. The number of esters is 1. The van der Waals surface area contributed by atoms with E-state index in [0.29, 0.717) is 6.42 Å². The van der Waals surface area contributed by atoms with Crippen LogP contribution in [0.5, 0.6) is 0 Å². The molecule has 60 heavy (non-hydrogen) atoms. The van der Waals surface area contributed by atoms with Gasteiger partial charge in [0.2, 0.25) is 0 Å². The molecule has 0 aromatic rings. The first kappa shape index (κ1) is 56.9. The van der Waals surface area contributed by atoms with Crippen LogP contribution in [-0.2, 0) is 27.9 Å². The average molecular weight is 879 g/mol. The Morgan fingerprint density at radius 2 is 0.867 bits per heavy atom. The molecular weight excluding hydrogens is 787 g/mol. The minimum Gasteiger partial charge on any atom is -0.498 e. The fourth-order valence-electron chi connectivity index (χ4n) is 7.79. The van der Waals surface area contributed by atoms with Crippen LogP contribution in [0.15, 0.2) is 12.3 Å². The van der Waals surface area contributed by atoms with Crippen LogP contribution in [0.25, 0.3) is 0 Å². The number of hydrogen-bond acceptors (Lipinski definition) is 11. The van der Waals surface area contributed by atoms with E-state index < -0.39 is 63.1 Å². The number of ether oxygens (including phenoxy) is 2. The molecule has 1 saturated carbocycles. The fraction of sp³-hybridized carbons (Fsp3) is 0.936. The molecule has 0 heterocycles. The van der Waals surface area contributed by atoms with E-state index in [0.717, 1.165) is 38.5 Å². The van der Waals surface area contributed by atoms with Crippen LogP contribution in [-0.4, -0.2) is 92.3 Å². The van der Waals surface area contributed by atoms with E-state index in [1.54, 1.807) is 0 Å². The normalized spacial score (nSPS) is 22.3. The molecule has 6 N–H and O–H groups in total. The Morgan fingerprint density at radius 1 is 0.517 bits per heavy atom. The number of phosphoric ester groups is 1. The van der Waals surface area contributed by atoms with Gasteiger partial charge in [0.15, 0.2) is 6.10 Å². The number of phosphoric acid groups is 1. The van der Waals surface area contributed by atoms with Gasteiger partial charge in [0, 0.05) is 6.42 Å². The zero-order chi connectivity index (χ0) is 44.1. The van der Waals surface area contributed by atoms with Crippen molar-refractivity contribution in [3.63, 3.8) is 0 Å². The Morgan fingerprint density at radius 3 is 1.27 bits per heavy atom. The number of rotatable bonds is 42. The Balaban J connectivity index is 2.38. The van der Waals surface area contributed by atoms with E-state index in [-0.39, 0.29) is 13.0 Å². The van der Waals surface area contributed by atoms with Gasteiger partial charge in [0.1, 0.15) is 43.2 Å². The van der Waals surface area contributed by atoms with E-state index in [2.05, 4.69) is 13.8 Å². The van der Waals surface area contributed by atoms with E-state index in [4.69, 9.17) is 18.5 Å². The summed E-state index contributed by atoms with van der Waals surface area (Å²) in [4.78, 5) is 23.2. The Labute approximate surface area is 365 Å². The number of carbonyl (C=O) groups is 1. The van der Waals surface area contributed by atoms with Crippen molar-refractivity contribution in [1.82, 2.24) is 0 Å². The molecule has 0 saturated heterocycles. The fourth-order valence-corrected chi connectivity index (χ4v) is 8.77. The van der Waals surface area contributed by atoms with Gasteiger partial charge in [-0.2, -0.15) is 0 Å². The lowest BCUT2D eigenvalue weighted by Gasteiger charge is -2.41. The van der Waals surface area contributed by atoms with Crippen LogP contribution >= 0.6 is 7.82 Å². The second-order valence-corrected chi connectivity index (χ2v) is 18.8. The number of hydrogen-bond donors (Lipinski definition) is 6. The van der Waals surface area contributed by atoms with Crippen LogP contribution in [0, 0.1) is 0 Å². The van der Waals surface area contributed by atoms with Crippen LogP contribution in [0.4, 0.5) is 0 Å². The van der Waals surface area contributed by atoms with Gasteiger partial charge in [-0.25, -0.2) is 4.57 Å². The molecule has 0 aromatic heterocycles. The predicted molar refractivity (Wildman–Crippen MR) is 239 cm³/mol. The lowest BCUT2D eigenvalue weighted by atomic mass is 9.85. The summed E-state index contributed by atoms with van der Waals surface area (Å²) < 4.78 is 34.0. The Hall–Kier alpha value is -1.08. The molecule has 0 aromatic carbocycles. The van der Waals surface area contributed by atoms with Crippen molar-refractivity contribution in [2.24, 2.45) is 0 Å². The van der Waals surface area contributed by atoms with Crippen molar-refractivity contribution in [3.05, 3.63) is 12.3 Å². The van der Waals surface area contributed by atoms with Gasteiger partial charge in [0.25, 0.3) is 0 Å². The Bertz CT molecular complexity index is 1050. The molecular formula is C47H91O12P. The van der Waals surface area contributed by atoms with Crippen LogP contribution in [0.1, 0.15) is 226 Å². The van der Waals surface area contributed by atoms with Crippen LogP contribution in [0.2, 0.25) is 0 Å². The SMILES string of the molecule is CCCCCCCCCCCCCCCCCC/C=C\OC[C@H](COP(=O)(O)OC1C(O)C(O)C(O)[C@@H](O)C1O)OC(=O)CCCCCCCCCCCCCCCCC. The maximum atomic E-state index is 12.8. The Kier molecular flexibility index (Phi) is 36.4. The summed E-state index contributed by atoms with van der Waals surface area (Å²) in [6, 6.07) is 0. The highest BCUT2D eigenvalue weighted by molar-refractivity contribution is 7.47. The van der Waals surface area contributed by atoms with Gasteiger partial charge in [-0.3, -0.25) is 13.8 Å². The summed E-state index contributed by atoms with van der Waals surface area (Å²) in [7, 11) is -5.03. The minimum atomic E-state index is -5.03. The van der Waals surface area contributed by atoms with Crippen LogP contribution < -0.4 is 0 Å². The van der Waals surface area contributed by atoms with E-state index >= 15 is 0 Å². The van der Waals surface area contributed by atoms with Crippen molar-refractivity contribution in [1.29, 1.82) is 0 Å². The van der Waals surface area contributed by atoms with Gasteiger partial charge < -0.3 is 39.9 Å². The van der Waals surface area contributed by atoms with Crippen LogP contribution in [0.3, 0.4) is 0 Å². The highest BCUT2D eigenvalue weighted by Gasteiger charge is 2.51. The third-order valence-corrected chi connectivity index (χ3v) is 12.7. The topological polar surface area (TPSA) is 192 Å². The molecule has 0 bridgehead atoms. The monoisotopic (exact) mass is 879 g/mol. The summed E-state index contributed by atoms with van der Waals surface area (Å²) in [5.41, 5.74) is 0. The summed E-state index contributed by atoms with van der Waals surface area (Å²) in [6.07, 6.45) is 30.7. The summed E-state index contributed by atoms with van der Waals surface area (Å²) in [5, 5.41) is 50.2. The third-order valence-electron chi connectivity index (χ3n) is 11.7. The van der Waals surface area contributed by atoms with Crippen molar-refractivity contribution in [3.8, 4) is 0 Å². The van der Waals surface area contributed by atoms with Gasteiger partial charge in [-0.05, 0) is 25.3 Å². The maximum Gasteiger partial charge on any atom is 0.472 e. The van der Waals surface area contributed by atoms with Gasteiger partial charge in [-0.15, -0.1) is 0 Å². The number of aliphatic hydroxyl groups excluding tert-OH is 5. The first-order chi connectivity index (χ1) is 29.0. The number of aliphatic hydroxyl groups is 5. The maximum absolute atomic E-state index is 12.8. The first-order valence-corrected chi connectivity index (χ1v) is 26.1. The highest BCUT2D eigenvalue weighted by Crippen LogP contribution is 2.47. The van der Waals surface area contributed by atoms with Crippen molar-refractivity contribution in [2.75, 3.05) is 13.2 Å². The molecule has 13 heteroatoms. The third kappa shape index (κ3) is 30.1. The molecule has 356 valence electrons. The lowest BCUT2D eigenvalue weighted by Crippen LogP contribution is -2.64. The van der Waals surface area contributed by atoms with Crippen molar-refractivity contribution >= 4 is 13.8 Å². The van der Waals surface area contributed by atoms with Gasteiger partial charge >= 0.3 is 13.8 Å². The largest absolute Gasteiger partial charge is 0.498 e. The summed E-state index contributed by atoms with van der Waals surface area (Å²) in [5.74, 6) is -0.494. The lowest BCUT2D eigenvalue weighted by molar-refractivity contribution is -0.220.